The van der Waals surface area contributed by atoms with Crippen molar-refractivity contribution in [2.45, 2.75) is 37.6 Å². The number of anilines is 3. The Bertz CT molecular complexity index is 1470. The minimum absolute atomic E-state index is 0.0643. The molecule has 2 aromatic carbocycles. The van der Waals surface area contributed by atoms with Gasteiger partial charge < -0.3 is 24.7 Å². The van der Waals surface area contributed by atoms with Crippen LogP contribution in [0.2, 0.25) is 5.15 Å². The number of nitrogens with zero attached hydrogens (tertiary/aromatic N) is 4. The lowest BCUT2D eigenvalue weighted by Crippen LogP contribution is -2.28. The zero-order chi connectivity index (χ0) is 26.9. The maximum atomic E-state index is 13.7. The molecule has 2 aromatic heterocycles. The first-order chi connectivity index (χ1) is 19.0. The number of rotatable bonds is 10. The highest BCUT2D eigenvalue weighted by Gasteiger charge is 2.34. The van der Waals surface area contributed by atoms with Crippen LogP contribution in [0.25, 0.3) is 5.69 Å². The van der Waals surface area contributed by atoms with E-state index in [4.69, 9.17) is 31.0 Å². The molecule has 2 heterocycles. The molecule has 0 radical (unpaired) electrons. The van der Waals surface area contributed by atoms with Gasteiger partial charge in [0.2, 0.25) is 5.95 Å². The van der Waals surface area contributed by atoms with Crippen molar-refractivity contribution in [1.82, 2.24) is 19.5 Å². The summed E-state index contributed by atoms with van der Waals surface area (Å²) in [6.45, 7) is 0.616. The minimum atomic E-state index is -0.244. The zero-order valence-electron chi connectivity index (χ0n) is 21.8. The Kier molecular flexibility index (Phi) is 7.10. The van der Waals surface area contributed by atoms with Crippen LogP contribution in [0.4, 0.5) is 21.8 Å². The maximum Gasteiger partial charge on any atom is 0.229 e. The third-order valence-corrected chi connectivity index (χ3v) is 7.64. The third kappa shape index (κ3) is 5.42. The largest absolute Gasteiger partial charge is 0.494 e. The minimum Gasteiger partial charge on any atom is -0.494 e. The Balaban J connectivity index is 1.36. The molecule has 1 fully saturated rings. The number of hydrogen-bond donors (Lipinski definition) is 2. The Morgan fingerprint density at radius 2 is 1.92 bits per heavy atom. The van der Waals surface area contributed by atoms with E-state index in [0.717, 1.165) is 46.9 Å². The summed E-state index contributed by atoms with van der Waals surface area (Å²) in [7, 11) is 3.35. The molecule has 2 unspecified atom stereocenters. The van der Waals surface area contributed by atoms with Crippen LogP contribution < -0.4 is 15.4 Å². The molecule has 0 bridgehead atoms. The molecular weight excluding hydrogens is 519 g/mol. The van der Waals surface area contributed by atoms with Gasteiger partial charge in [-0.1, -0.05) is 23.7 Å². The van der Waals surface area contributed by atoms with Crippen LogP contribution in [-0.2, 0) is 11.2 Å². The Morgan fingerprint density at radius 3 is 2.62 bits per heavy atom. The molecule has 2 aliphatic carbocycles. The number of ether oxygens (including phenoxy) is 2. The summed E-state index contributed by atoms with van der Waals surface area (Å²) in [6.07, 6.45) is 7.47. The Hall–Kier alpha value is -3.69. The highest BCUT2D eigenvalue weighted by atomic mass is 35.5. The van der Waals surface area contributed by atoms with Gasteiger partial charge in [0.25, 0.3) is 0 Å². The quantitative estimate of drug-likeness (QED) is 0.247. The van der Waals surface area contributed by atoms with Gasteiger partial charge in [-0.2, -0.15) is 4.98 Å². The first-order valence-corrected chi connectivity index (χ1v) is 13.5. The van der Waals surface area contributed by atoms with E-state index < -0.39 is 0 Å². The summed E-state index contributed by atoms with van der Waals surface area (Å²) in [6, 6.07) is 12.7. The van der Waals surface area contributed by atoms with Gasteiger partial charge in [-0.05, 0) is 61.4 Å². The van der Waals surface area contributed by atoms with Crippen molar-refractivity contribution >= 4 is 29.1 Å². The summed E-state index contributed by atoms with van der Waals surface area (Å²) in [4.78, 5) is 14.0. The number of halogens is 2. The van der Waals surface area contributed by atoms with Crippen LogP contribution >= 0.6 is 11.6 Å². The maximum absolute atomic E-state index is 13.7. The molecule has 6 rings (SSSR count). The van der Waals surface area contributed by atoms with E-state index in [2.05, 4.69) is 15.6 Å². The highest BCUT2D eigenvalue weighted by Crippen LogP contribution is 2.42. The summed E-state index contributed by atoms with van der Waals surface area (Å²) in [5, 5.41) is 7.46. The number of imidazole rings is 1. The lowest BCUT2D eigenvalue weighted by atomic mass is 9.97. The summed E-state index contributed by atoms with van der Waals surface area (Å²) in [5.74, 6) is 2.36. The molecule has 4 aromatic rings. The monoisotopic (exact) mass is 548 g/mol. The van der Waals surface area contributed by atoms with Gasteiger partial charge in [-0.25, -0.2) is 14.4 Å². The lowest BCUT2D eigenvalue weighted by molar-refractivity contribution is 0.179. The molecule has 0 saturated heterocycles. The van der Waals surface area contributed by atoms with Crippen LogP contribution in [-0.4, -0.2) is 46.4 Å². The SMILES string of the molecule is COCC(Nc1nc(Nc2ccc(-n3cnc(Cl)c3)c(OC)c2)nc2c1CCC2c1ccc(F)cc1)C1CC1. The van der Waals surface area contributed by atoms with Gasteiger partial charge in [0.1, 0.15) is 28.9 Å². The molecular formula is C29H30ClFN6O2. The van der Waals surface area contributed by atoms with Crippen LogP contribution in [0.5, 0.6) is 5.75 Å². The van der Waals surface area contributed by atoms with E-state index in [-0.39, 0.29) is 17.8 Å². The van der Waals surface area contributed by atoms with Gasteiger partial charge in [0, 0.05) is 36.5 Å². The second kappa shape index (κ2) is 10.8. The number of fused-ring (bicyclic) bond motifs is 1. The van der Waals surface area contributed by atoms with Gasteiger partial charge in [-0.3, -0.25) is 0 Å². The van der Waals surface area contributed by atoms with E-state index in [1.807, 2.05) is 30.3 Å². The van der Waals surface area contributed by atoms with Crippen molar-refractivity contribution in [3.05, 3.63) is 82.8 Å². The molecule has 0 aliphatic heterocycles. The predicted molar refractivity (Wildman–Crippen MR) is 149 cm³/mol. The van der Waals surface area contributed by atoms with Crippen molar-refractivity contribution in [2.24, 2.45) is 5.92 Å². The normalized spacial score (nSPS) is 17.1. The molecule has 10 heteroatoms. The lowest BCUT2D eigenvalue weighted by Gasteiger charge is -2.21. The topological polar surface area (TPSA) is 86.1 Å². The third-order valence-electron chi connectivity index (χ3n) is 7.45. The molecule has 39 heavy (non-hydrogen) atoms. The average Bonchev–Trinajstić information content (AvgIpc) is 3.56. The van der Waals surface area contributed by atoms with Crippen molar-refractivity contribution in [3.63, 3.8) is 0 Å². The molecule has 202 valence electrons. The zero-order valence-corrected chi connectivity index (χ0v) is 22.6. The number of methoxy groups -OCH3 is 2. The molecule has 0 amide bonds. The van der Waals surface area contributed by atoms with Crippen LogP contribution in [0.3, 0.4) is 0 Å². The Labute approximate surface area is 231 Å². The molecule has 2 N–H and O–H groups in total. The van der Waals surface area contributed by atoms with Gasteiger partial charge >= 0.3 is 0 Å². The molecule has 1 saturated carbocycles. The second-order valence-corrected chi connectivity index (χ2v) is 10.4. The molecule has 0 spiro atoms. The van der Waals surface area contributed by atoms with E-state index in [9.17, 15) is 4.39 Å². The van der Waals surface area contributed by atoms with Crippen molar-refractivity contribution in [1.29, 1.82) is 0 Å². The van der Waals surface area contributed by atoms with Gasteiger partial charge in [0.05, 0.1) is 31.1 Å². The fourth-order valence-electron chi connectivity index (χ4n) is 5.33. The molecule has 8 nitrogen and oxygen atoms in total. The average molecular weight is 549 g/mol. The fraction of sp³-hybridized carbons (Fsp3) is 0.345. The number of nitrogens with one attached hydrogen (secondary N) is 2. The summed E-state index contributed by atoms with van der Waals surface area (Å²) in [5.41, 5.74) is 4.71. The van der Waals surface area contributed by atoms with E-state index in [1.165, 1.54) is 25.0 Å². The van der Waals surface area contributed by atoms with Gasteiger partial charge in [-0.15, -0.1) is 0 Å². The van der Waals surface area contributed by atoms with Crippen molar-refractivity contribution in [2.75, 3.05) is 31.5 Å². The van der Waals surface area contributed by atoms with E-state index in [1.54, 1.807) is 31.3 Å². The van der Waals surface area contributed by atoms with Crippen LogP contribution in [0.15, 0.2) is 55.0 Å². The van der Waals surface area contributed by atoms with Crippen LogP contribution in [0.1, 0.15) is 42.0 Å². The van der Waals surface area contributed by atoms with E-state index >= 15 is 0 Å². The molecule has 2 aliphatic rings. The number of benzene rings is 2. The fourth-order valence-corrected chi connectivity index (χ4v) is 5.48. The Morgan fingerprint density at radius 1 is 1.10 bits per heavy atom. The second-order valence-electron chi connectivity index (χ2n) is 10.1. The number of hydrogen-bond acceptors (Lipinski definition) is 7. The summed E-state index contributed by atoms with van der Waals surface area (Å²) >= 11 is 6.01. The van der Waals surface area contributed by atoms with Crippen molar-refractivity contribution in [3.8, 4) is 11.4 Å². The predicted octanol–water partition coefficient (Wildman–Crippen LogP) is 6.12. The van der Waals surface area contributed by atoms with Crippen LogP contribution in [0, 0.1) is 11.7 Å². The standard InChI is InChI=1S/C29H30ClFN6O2/c1-38-15-23(18-3-4-18)34-28-22-11-10-21(17-5-7-19(31)8-6-17)27(22)35-29(36-28)33-20-9-12-24(25(13-20)39-2)37-14-26(30)32-16-37/h5-9,12-14,16,18,21,23H,3-4,10-11,15H2,1-2H3,(H2,33,34,35,36). The van der Waals surface area contributed by atoms with E-state index in [0.29, 0.717) is 29.4 Å². The summed E-state index contributed by atoms with van der Waals surface area (Å²) < 4.78 is 26.6. The molecule has 2 atom stereocenters. The highest BCUT2D eigenvalue weighted by molar-refractivity contribution is 6.29. The van der Waals surface area contributed by atoms with Crippen molar-refractivity contribution < 1.29 is 13.9 Å². The smallest absolute Gasteiger partial charge is 0.229 e. The van der Waals surface area contributed by atoms with Gasteiger partial charge in [0.15, 0.2) is 0 Å². The first-order valence-electron chi connectivity index (χ1n) is 13.1. The number of aromatic nitrogens is 4. The first kappa shape index (κ1) is 25.6.